The third kappa shape index (κ3) is 2.88. The van der Waals surface area contributed by atoms with Crippen molar-refractivity contribution in [1.82, 2.24) is 0 Å². The number of fused-ring (bicyclic) bond motifs is 2. The molecule has 0 radical (unpaired) electrons. The molecule has 0 heterocycles. The number of aryl methyl sites for hydroxylation is 1. The van der Waals surface area contributed by atoms with Gasteiger partial charge in [0.1, 0.15) is 5.82 Å². The first kappa shape index (κ1) is 16.8. The smallest absolute Gasteiger partial charge is 0.307 e. The molecule has 0 unspecified atom stereocenters. The van der Waals surface area contributed by atoms with Crippen LogP contribution < -0.4 is 0 Å². The van der Waals surface area contributed by atoms with Crippen LogP contribution in [0.15, 0.2) is 42.0 Å². The lowest BCUT2D eigenvalue weighted by Gasteiger charge is -2.18. The summed E-state index contributed by atoms with van der Waals surface area (Å²) in [6.45, 7) is 1.94. The van der Waals surface area contributed by atoms with Gasteiger partial charge >= 0.3 is 5.97 Å². The minimum absolute atomic E-state index is 0.0908. The van der Waals surface area contributed by atoms with Crippen molar-refractivity contribution in [3.63, 3.8) is 0 Å². The van der Waals surface area contributed by atoms with E-state index >= 15 is 0 Å². The van der Waals surface area contributed by atoms with E-state index < -0.39 is 5.97 Å². The molecule has 1 N–H and O–H groups in total. The summed E-state index contributed by atoms with van der Waals surface area (Å²) in [6.07, 6.45) is 6.70. The van der Waals surface area contributed by atoms with E-state index in [9.17, 15) is 14.3 Å². The lowest BCUT2D eigenvalue weighted by atomic mass is 9.87. The molecule has 0 amide bonds. The summed E-state index contributed by atoms with van der Waals surface area (Å²) in [5.74, 6) is -1.23. The van der Waals surface area contributed by atoms with Crippen LogP contribution >= 0.6 is 0 Å². The largest absolute Gasteiger partial charge is 0.481 e. The van der Waals surface area contributed by atoms with Crippen molar-refractivity contribution in [3.8, 4) is 0 Å². The SMILES string of the molecule is CC1=C(CC(=O)O)c2cc(F)ccc2C1=Cc1cccc2c1CCCC2. The monoisotopic (exact) mass is 348 g/mol. The Morgan fingerprint density at radius 2 is 1.96 bits per heavy atom. The average Bonchev–Trinajstić information content (AvgIpc) is 2.87. The Kier molecular flexibility index (Phi) is 4.23. The highest BCUT2D eigenvalue weighted by atomic mass is 19.1. The molecule has 2 aromatic carbocycles. The van der Waals surface area contributed by atoms with Crippen LogP contribution in [-0.4, -0.2) is 11.1 Å². The first-order chi connectivity index (χ1) is 12.5. The summed E-state index contributed by atoms with van der Waals surface area (Å²) in [6, 6.07) is 11.1. The number of halogens is 1. The molecule has 2 aliphatic rings. The number of hydrogen-bond donors (Lipinski definition) is 1. The number of aliphatic carboxylic acids is 1. The van der Waals surface area contributed by atoms with Gasteiger partial charge in [-0.2, -0.15) is 0 Å². The minimum Gasteiger partial charge on any atom is -0.481 e. The Hall–Kier alpha value is -2.68. The molecular formula is C23H21FO2. The number of allylic oxidation sites excluding steroid dienone is 2. The van der Waals surface area contributed by atoms with E-state index in [0.29, 0.717) is 11.1 Å². The molecule has 2 nitrogen and oxygen atoms in total. The fraction of sp³-hybridized carbons (Fsp3) is 0.261. The molecule has 0 fully saturated rings. The second-order valence-corrected chi connectivity index (χ2v) is 7.11. The zero-order valence-corrected chi connectivity index (χ0v) is 14.8. The van der Waals surface area contributed by atoms with E-state index in [2.05, 4.69) is 24.3 Å². The zero-order valence-electron chi connectivity index (χ0n) is 14.8. The summed E-state index contributed by atoms with van der Waals surface area (Å²) < 4.78 is 13.8. The van der Waals surface area contributed by atoms with Crippen molar-refractivity contribution in [3.05, 3.63) is 75.6 Å². The van der Waals surface area contributed by atoms with Crippen LogP contribution in [0.3, 0.4) is 0 Å². The van der Waals surface area contributed by atoms with Crippen molar-refractivity contribution < 1.29 is 14.3 Å². The number of hydrogen-bond acceptors (Lipinski definition) is 1. The molecule has 0 saturated heterocycles. The molecule has 0 aromatic heterocycles. The van der Waals surface area contributed by atoms with Gasteiger partial charge in [-0.05, 0) is 95.4 Å². The molecule has 0 bridgehead atoms. The van der Waals surface area contributed by atoms with Gasteiger partial charge < -0.3 is 5.11 Å². The highest BCUT2D eigenvalue weighted by Gasteiger charge is 2.26. The van der Waals surface area contributed by atoms with Crippen LogP contribution in [0, 0.1) is 5.82 Å². The molecule has 0 saturated carbocycles. The van der Waals surface area contributed by atoms with Gasteiger partial charge in [0.15, 0.2) is 0 Å². The van der Waals surface area contributed by atoms with Gasteiger partial charge in [-0.1, -0.05) is 24.3 Å². The van der Waals surface area contributed by atoms with Crippen LogP contribution in [-0.2, 0) is 17.6 Å². The summed E-state index contributed by atoms with van der Waals surface area (Å²) in [7, 11) is 0. The van der Waals surface area contributed by atoms with E-state index in [-0.39, 0.29) is 12.2 Å². The van der Waals surface area contributed by atoms with E-state index in [0.717, 1.165) is 29.6 Å². The van der Waals surface area contributed by atoms with Crippen molar-refractivity contribution in [1.29, 1.82) is 0 Å². The second-order valence-electron chi connectivity index (χ2n) is 7.11. The minimum atomic E-state index is -0.895. The summed E-state index contributed by atoms with van der Waals surface area (Å²) in [5, 5.41) is 9.27. The van der Waals surface area contributed by atoms with Crippen molar-refractivity contribution in [2.45, 2.75) is 39.0 Å². The summed E-state index contributed by atoms with van der Waals surface area (Å²) in [4.78, 5) is 11.3. The molecule has 3 heteroatoms. The Balaban J connectivity index is 1.88. The Morgan fingerprint density at radius 1 is 1.15 bits per heavy atom. The van der Waals surface area contributed by atoms with Crippen LogP contribution in [0.1, 0.15) is 54.0 Å². The number of carbonyl (C=O) groups is 1. The van der Waals surface area contributed by atoms with Crippen LogP contribution in [0.25, 0.3) is 17.2 Å². The number of carboxylic acids is 1. The predicted octanol–water partition coefficient (Wildman–Crippen LogP) is 5.51. The second kappa shape index (κ2) is 6.56. The average molecular weight is 348 g/mol. The third-order valence-corrected chi connectivity index (χ3v) is 5.51. The van der Waals surface area contributed by atoms with Crippen molar-refractivity contribution in [2.24, 2.45) is 0 Å². The number of benzene rings is 2. The fourth-order valence-electron chi connectivity index (χ4n) is 4.23. The lowest BCUT2D eigenvalue weighted by molar-refractivity contribution is -0.135. The molecule has 4 rings (SSSR count). The van der Waals surface area contributed by atoms with Crippen molar-refractivity contribution in [2.75, 3.05) is 0 Å². The van der Waals surface area contributed by atoms with Gasteiger partial charge in [0, 0.05) is 0 Å². The zero-order chi connectivity index (χ0) is 18.3. The molecule has 0 aliphatic heterocycles. The molecule has 132 valence electrons. The Morgan fingerprint density at radius 3 is 2.77 bits per heavy atom. The maximum atomic E-state index is 13.8. The molecule has 2 aliphatic carbocycles. The summed E-state index contributed by atoms with van der Waals surface area (Å²) >= 11 is 0. The maximum absolute atomic E-state index is 13.8. The Bertz CT molecular complexity index is 966. The van der Waals surface area contributed by atoms with Crippen molar-refractivity contribution >= 4 is 23.2 Å². The topological polar surface area (TPSA) is 37.3 Å². The quantitative estimate of drug-likeness (QED) is 0.794. The normalized spacial score (nSPS) is 17.4. The fourth-order valence-corrected chi connectivity index (χ4v) is 4.23. The van der Waals surface area contributed by atoms with Gasteiger partial charge in [-0.15, -0.1) is 0 Å². The summed E-state index contributed by atoms with van der Waals surface area (Å²) in [5.41, 5.74) is 8.29. The molecular weight excluding hydrogens is 327 g/mol. The number of carboxylic acid groups (broad SMARTS) is 1. The Labute approximate surface area is 152 Å². The van der Waals surface area contributed by atoms with Crippen LogP contribution in [0.4, 0.5) is 4.39 Å². The number of rotatable bonds is 3. The van der Waals surface area contributed by atoms with Crippen LogP contribution in [0.5, 0.6) is 0 Å². The molecule has 0 spiro atoms. The van der Waals surface area contributed by atoms with Crippen LogP contribution in [0.2, 0.25) is 0 Å². The molecule has 0 atom stereocenters. The predicted molar refractivity (Wildman–Crippen MR) is 102 cm³/mol. The third-order valence-electron chi connectivity index (χ3n) is 5.51. The van der Waals surface area contributed by atoms with Gasteiger partial charge in [0.05, 0.1) is 6.42 Å². The maximum Gasteiger partial charge on any atom is 0.307 e. The van der Waals surface area contributed by atoms with Gasteiger partial charge in [-0.3, -0.25) is 4.79 Å². The molecule has 26 heavy (non-hydrogen) atoms. The van der Waals surface area contributed by atoms with E-state index in [1.807, 2.05) is 6.92 Å². The highest BCUT2D eigenvalue weighted by molar-refractivity contribution is 6.07. The van der Waals surface area contributed by atoms with Gasteiger partial charge in [0.25, 0.3) is 0 Å². The van der Waals surface area contributed by atoms with E-state index in [4.69, 9.17) is 0 Å². The van der Waals surface area contributed by atoms with Gasteiger partial charge in [0.2, 0.25) is 0 Å². The lowest BCUT2D eigenvalue weighted by Crippen LogP contribution is -2.04. The first-order valence-electron chi connectivity index (χ1n) is 9.09. The first-order valence-corrected chi connectivity index (χ1v) is 9.09. The van der Waals surface area contributed by atoms with E-state index in [1.165, 1.54) is 41.7 Å². The standard InChI is InChI=1S/C23H21FO2/c1-14-20(11-16-7-4-6-15-5-2-3-8-18(15)16)19-10-9-17(24)12-22(19)21(14)13-23(25)26/h4,6-7,9-12H,2-3,5,8,13H2,1H3,(H,25,26). The van der Waals surface area contributed by atoms with E-state index in [1.54, 1.807) is 6.07 Å². The van der Waals surface area contributed by atoms with Gasteiger partial charge in [-0.25, -0.2) is 4.39 Å². The molecule has 2 aromatic rings. The highest BCUT2D eigenvalue weighted by Crippen LogP contribution is 2.44.